The lowest BCUT2D eigenvalue weighted by Gasteiger charge is -2.33. The summed E-state index contributed by atoms with van der Waals surface area (Å²) < 4.78 is 1.81. The van der Waals surface area contributed by atoms with Gasteiger partial charge >= 0.3 is 0 Å². The summed E-state index contributed by atoms with van der Waals surface area (Å²) in [6.07, 6.45) is 5.22. The van der Waals surface area contributed by atoms with Gasteiger partial charge in [-0.1, -0.05) is 6.42 Å². The Bertz CT molecular complexity index is 627. The molecule has 1 aromatic heterocycles. The number of nitrogens with one attached hydrogen (secondary N) is 1. The van der Waals surface area contributed by atoms with Crippen LogP contribution in [0, 0.1) is 6.92 Å². The molecule has 0 radical (unpaired) electrons. The van der Waals surface area contributed by atoms with Gasteiger partial charge in [-0.05, 0) is 39.7 Å². The molecule has 7 heteroatoms. The standard InChI is InChI=1S/C18H29N5O2/c1-14-12-17-22(18(25)7-11-23(17)20-14)13-16(24)19-8-5-10-21-9-4-3-6-15(21)2/h12,15H,3-11,13H2,1-2H3,(H,19,24). The lowest BCUT2D eigenvalue weighted by Crippen LogP contribution is -2.45. The number of piperidine rings is 1. The Morgan fingerprint density at radius 3 is 3.00 bits per heavy atom. The van der Waals surface area contributed by atoms with Crippen molar-refractivity contribution in [2.45, 2.75) is 58.5 Å². The largest absolute Gasteiger partial charge is 0.354 e. The summed E-state index contributed by atoms with van der Waals surface area (Å²) in [5.41, 5.74) is 0.866. The Hall–Kier alpha value is -1.89. The summed E-state index contributed by atoms with van der Waals surface area (Å²) in [6.45, 7) is 7.69. The maximum Gasteiger partial charge on any atom is 0.240 e. The van der Waals surface area contributed by atoms with Crippen LogP contribution >= 0.6 is 0 Å². The minimum atomic E-state index is -0.104. The van der Waals surface area contributed by atoms with Crippen molar-refractivity contribution < 1.29 is 9.59 Å². The normalized spacial score (nSPS) is 21.3. The highest BCUT2D eigenvalue weighted by atomic mass is 16.2. The van der Waals surface area contributed by atoms with Crippen LogP contribution in [0.3, 0.4) is 0 Å². The van der Waals surface area contributed by atoms with E-state index in [9.17, 15) is 9.59 Å². The molecule has 0 spiro atoms. The molecule has 0 aromatic carbocycles. The zero-order chi connectivity index (χ0) is 17.8. The minimum absolute atomic E-state index is 0.00954. The van der Waals surface area contributed by atoms with Gasteiger partial charge in [-0.2, -0.15) is 5.10 Å². The van der Waals surface area contributed by atoms with Gasteiger partial charge in [0.15, 0.2) is 0 Å². The highest BCUT2D eigenvalue weighted by molar-refractivity contribution is 5.98. The second kappa shape index (κ2) is 7.99. The number of likely N-dealkylation sites (tertiary alicyclic amines) is 1. The molecular weight excluding hydrogens is 318 g/mol. The number of aryl methyl sites for hydroxylation is 2. The van der Waals surface area contributed by atoms with Crippen molar-refractivity contribution in [2.75, 3.05) is 31.1 Å². The van der Waals surface area contributed by atoms with Crippen molar-refractivity contribution in [3.63, 3.8) is 0 Å². The van der Waals surface area contributed by atoms with Crippen LogP contribution in [0.15, 0.2) is 6.07 Å². The molecule has 1 unspecified atom stereocenters. The van der Waals surface area contributed by atoms with Gasteiger partial charge in [-0.15, -0.1) is 0 Å². The van der Waals surface area contributed by atoms with E-state index in [1.54, 1.807) is 4.90 Å². The summed E-state index contributed by atoms with van der Waals surface area (Å²) in [5.74, 6) is 0.614. The molecule has 2 aliphatic rings. The van der Waals surface area contributed by atoms with Crippen LogP contribution in [0.25, 0.3) is 0 Å². The molecule has 25 heavy (non-hydrogen) atoms. The van der Waals surface area contributed by atoms with E-state index < -0.39 is 0 Å². The summed E-state index contributed by atoms with van der Waals surface area (Å²) >= 11 is 0. The summed E-state index contributed by atoms with van der Waals surface area (Å²) in [6, 6.07) is 2.51. The number of carbonyl (C=O) groups is 2. The fourth-order valence-corrected chi connectivity index (χ4v) is 3.75. The maximum atomic E-state index is 12.2. The minimum Gasteiger partial charge on any atom is -0.354 e. The van der Waals surface area contributed by atoms with E-state index in [-0.39, 0.29) is 18.4 Å². The molecule has 138 valence electrons. The predicted octanol–water partition coefficient (Wildman–Crippen LogP) is 1.31. The lowest BCUT2D eigenvalue weighted by atomic mass is 10.0. The molecule has 3 heterocycles. The molecule has 1 fully saturated rings. The van der Waals surface area contributed by atoms with Crippen molar-refractivity contribution in [1.82, 2.24) is 20.0 Å². The average Bonchev–Trinajstić information content (AvgIpc) is 2.96. The van der Waals surface area contributed by atoms with E-state index in [0.717, 1.165) is 24.5 Å². The van der Waals surface area contributed by atoms with E-state index >= 15 is 0 Å². The second-order valence-electron chi connectivity index (χ2n) is 7.18. The predicted molar refractivity (Wildman–Crippen MR) is 96.4 cm³/mol. The van der Waals surface area contributed by atoms with Crippen LogP contribution in [-0.4, -0.2) is 58.7 Å². The monoisotopic (exact) mass is 347 g/mol. The highest BCUT2D eigenvalue weighted by Crippen LogP contribution is 2.22. The van der Waals surface area contributed by atoms with E-state index in [0.29, 0.717) is 25.6 Å². The van der Waals surface area contributed by atoms with Gasteiger partial charge in [0.2, 0.25) is 11.8 Å². The molecule has 2 aliphatic heterocycles. The number of rotatable bonds is 6. The first kappa shape index (κ1) is 17.9. The Morgan fingerprint density at radius 1 is 1.36 bits per heavy atom. The van der Waals surface area contributed by atoms with Crippen molar-refractivity contribution in [3.05, 3.63) is 11.8 Å². The van der Waals surface area contributed by atoms with E-state index in [1.807, 2.05) is 17.7 Å². The molecule has 0 aliphatic carbocycles. The molecule has 1 saturated heterocycles. The van der Waals surface area contributed by atoms with E-state index in [4.69, 9.17) is 0 Å². The number of amides is 2. The first-order chi connectivity index (χ1) is 12.0. The van der Waals surface area contributed by atoms with Crippen LogP contribution < -0.4 is 10.2 Å². The van der Waals surface area contributed by atoms with Crippen molar-refractivity contribution in [2.24, 2.45) is 0 Å². The van der Waals surface area contributed by atoms with Gasteiger partial charge in [-0.3, -0.25) is 14.5 Å². The lowest BCUT2D eigenvalue weighted by molar-refractivity contribution is -0.124. The fourth-order valence-electron chi connectivity index (χ4n) is 3.75. The number of fused-ring (bicyclic) bond motifs is 1. The number of aromatic nitrogens is 2. The Balaban J connectivity index is 1.44. The third kappa shape index (κ3) is 4.39. The van der Waals surface area contributed by atoms with Crippen LogP contribution in [0.2, 0.25) is 0 Å². The molecule has 2 amide bonds. The number of hydrogen-bond donors (Lipinski definition) is 1. The Labute approximate surface area is 149 Å². The molecule has 3 rings (SSSR count). The second-order valence-corrected chi connectivity index (χ2v) is 7.18. The third-order valence-corrected chi connectivity index (χ3v) is 5.18. The molecule has 1 atom stereocenters. The first-order valence-electron chi connectivity index (χ1n) is 9.40. The number of anilines is 1. The van der Waals surface area contributed by atoms with Crippen LogP contribution in [0.4, 0.5) is 5.82 Å². The van der Waals surface area contributed by atoms with Gasteiger partial charge in [0, 0.05) is 31.6 Å². The molecule has 0 bridgehead atoms. The Kier molecular flexibility index (Phi) is 5.73. The van der Waals surface area contributed by atoms with Crippen molar-refractivity contribution in [1.29, 1.82) is 0 Å². The molecule has 1 aromatic rings. The molecular formula is C18H29N5O2. The van der Waals surface area contributed by atoms with Crippen molar-refractivity contribution >= 4 is 17.6 Å². The summed E-state index contributed by atoms with van der Waals surface area (Å²) in [7, 11) is 0. The smallest absolute Gasteiger partial charge is 0.240 e. The Morgan fingerprint density at radius 2 is 2.20 bits per heavy atom. The van der Waals surface area contributed by atoms with Gasteiger partial charge < -0.3 is 10.2 Å². The van der Waals surface area contributed by atoms with Crippen LogP contribution in [0.5, 0.6) is 0 Å². The fraction of sp³-hybridized carbons (Fsp3) is 0.722. The number of carbonyl (C=O) groups excluding carboxylic acids is 2. The van der Waals surface area contributed by atoms with Crippen LogP contribution in [0.1, 0.15) is 44.7 Å². The topological polar surface area (TPSA) is 70.5 Å². The average molecular weight is 347 g/mol. The van der Waals surface area contributed by atoms with Crippen molar-refractivity contribution in [3.8, 4) is 0 Å². The van der Waals surface area contributed by atoms with Gasteiger partial charge in [0.1, 0.15) is 12.4 Å². The first-order valence-corrected chi connectivity index (χ1v) is 9.40. The number of nitrogens with zero attached hydrogens (tertiary/aromatic N) is 4. The zero-order valence-corrected chi connectivity index (χ0v) is 15.3. The third-order valence-electron chi connectivity index (χ3n) is 5.18. The van der Waals surface area contributed by atoms with Gasteiger partial charge in [-0.25, -0.2) is 4.68 Å². The SMILES string of the molecule is Cc1cc2n(n1)CCC(=O)N2CC(=O)NCCCN1CCCCC1C. The quantitative estimate of drug-likeness (QED) is 0.788. The highest BCUT2D eigenvalue weighted by Gasteiger charge is 2.27. The number of hydrogen-bond acceptors (Lipinski definition) is 4. The summed E-state index contributed by atoms with van der Waals surface area (Å²) in [4.78, 5) is 28.5. The van der Waals surface area contributed by atoms with Gasteiger partial charge in [0.25, 0.3) is 0 Å². The summed E-state index contributed by atoms with van der Waals surface area (Å²) in [5, 5.41) is 7.32. The maximum absolute atomic E-state index is 12.2. The molecule has 7 nitrogen and oxygen atoms in total. The van der Waals surface area contributed by atoms with Gasteiger partial charge in [0.05, 0.1) is 12.2 Å². The zero-order valence-electron chi connectivity index (χ0n) is 15.3. The van der Waals surface area contributed by atoms with E-state index in [2.05, 4.69) is 22.2 Å². The molecule has 0 saturated carbocycles. The van der Waals surface area contributed by atoms with Crippen LogP contribution in [-0.2, 0) is 16.1 Å². The molecule has 1 N–H and O–H groups in total. The van der Waals surface area contributed by atoms with E-state index in [1.165, 1.54) is 25.8 Å².